The second-order valence-corrected chi connectivity index (χ2v) is 5.41. The fraction of sp³-hybridized carbons (Fsp3) is 0.909. The van der Waals surface area contributed by atoms with Crippen LogP contribution in [-0.2, 0) is 4.79 Å². The number of amides is 1. The molecular formula is C11H19NO. The van der Waals surface area contributed by atoms with Crippen LogP contribution < -0.4 is 5.32 Å². The molecule has 2 rings (SSSR count). The highest BCUT2D eigenvalue weighted by Crippen LogP contribution is 2.39. The fourth-order valence-corrected chi connectivity index (χ4v) is 2.95. The van der Waals surface area contributed by atoms with Gasteiger partial charge in [-0.25, -0.2) is 0 Å². The van der Waals surface area contributed by atoms with Crippen LogP contribution in [0.25, 0.3) is 0 Å². The largest absolute Gasteiger partial charge is 0.353 e. The van der Waals surface area contributed by atoms with Gasteiger partial charge in [-0.3, -0.25) is 4.79 Å². The second kappa shape index (κ2) is 3.00. The van der Waals surface area contributed by atoms with Crippen molar-refractivity contribution >= 4 is 5.91 Å². The van der Waals surface area contributed by atoms with E-state index in [0.717, 1.165) is 5.92 Å². The summed E-state index contributed by atoms with van der Waals surface area (Å²) >= 11 is 0. The molecule has 74 valence electrons. The van der Waals surface area contributed by atoms with Gasteiger partial charge in [0.2, 0.25) is 5.91 Å². The lowest BCUT2D eigenvalue weighted by Gasteiger charge is -2.24. The van der Waals surface area contributed by atoms with E-state index in [1.165, 1.54) is 25.7 Å². The highest BCUT2D eigenvalue weighted by Gasteiger charge is 2.37. The van der Waals surface area contributed by atoms with Crippen LogP contribution in [0.3, 0.4) is 0 Å². The van der Waals surface area contributed by atoms with Gasteiger partial charge in [-0.05, 0) is 30.6 Å². The third-order valence-corrected chi connectivity index (χ3v) is 3.46. The van der Waals surface area contributed by atoms with Crippen molar-refractivity contribution in [2.45, 2.75) is 52.0 Å². The van der Waals surface area contributed by atoms with Gasteiger partial charge in [0.25, 0.3) is 0 Å². The van der Waals surface area contributed by atoms with Crippen LogP contribution >= 0.6 is 0 Å². The Morgan fingerprint density at radius 2 is 2.15 bits per heavy atom. The zero-order valence-electron chi connectivity index (χ0n) is 8.60. The van der Waals surface area contributed by atoms with Gasteiger partial charge >= 0.3 is 0 Å². The van der Waals surface area contributed by atoms with Crippen LogP contribution in [-0.4, -0.2) is 11.9 Å². The van der Waals surface area contributed by atoms with Gasteiger partial charge in [-0.1, -0.05) is 20.3 Å². The summed E-state index contributed by atoms with van der Waals surface area (Å²) in [7, 11) is 0. The summed E-state index contributed by atoms with van der Waals surface area (Å²) in [5, 5.41) is 3.16. The molecule has 2 aliphatic rings. The predicted molar refractivity (Wildman–Crippen MR) is 52.3 cm³/mol. The molecule has 0 spiro atoms. The highest BCUT2D eigenvalue weighted by atomic mass is 16.1. The molecule has 13 heavy (non-hydrogen) atoms. The quantitative estimate of drug-likeness (QED) is 0.609. The Labute approximate surface area is 80.1 Å². The lowest BCUT2D eigenvalue weighted by Crippen LogP contribution is -2.34. The van der Waals surface area contributed by atoms with E-state index >= 15 is 0 Å². The molecule has 0 aromatic rings. The number of nitrogens with one attached hydrogen (secondary N) is 1. The van der Waals surface area contributed by atoms with Gasteiger partial charge in [0.15, 0.2) is 0 Å². The fourth-order valence-electron chi connectivity index (χ4n) is 2.95. The first kappa shape index (κ1) is 9.04. The first-order valence-corrected chi connectivity index (χ1v) is 5.36. The third kappa shape index (κ3) is 1.87. The molecule has 1 amide bonds. The maximum Gasteiger partial charge on any atom is 0.220 e. The summed E-state index contributed by atoms with van der Waals surface area (Å²) < 4.78 is 0. The van der Waals surface area contributed by atoms with Crippen molar-refractivity contribution in [1.29, 1.82) is 0 Å². The summed E-state index contributed by atoms with van der Waals surface area (Å²) in [6, 6.07) is 0.495. The molecule has 1 saturated heterocycles. The molecule has 0 bridgehead atoms. The zero-order valence-corrected chi connectivity index (χ0v) is 8.60. The molecule has 1 heterocycles. The maximum absolute atomic E-state index is 11.5. The first-order chi connectivity index (χ1) is 6.07. The third-order valence-electron chi connectivity index (χ3n) is 3.46. The van der Waals surface area contributed by atoms with E-state index in [2.05, 4.69) is 19.2 Å². The average Bonchev–Trinajstić information content (AvgIpc) is 2.30. The van der Waals surface area contributed by atoms with Gasteiger partial charge in [-0.15, -0.1) is 0 Å². The van der Waals surface area contributed by atoms with E-state index in [9.17, 15) is 4.79 Å². The van der Waals surface area contributed by atoms with Crippen molar-refractivity contribution in [3.05, 3.63) is 0 Å². The van der Waals surface area contributed by atoms with Crippen LogP contribution in [0.15, 0.2) is 0 Å². The van der Waals surface area contributed by atoms with E-state index in [1.807, 2.05) is 0 Å². The molecule has 1 N–H and O–H groups in total. The van der Waals surface area contributed by atoms with Crippen molar-refractivity contribution in [3.63, 3.8) is 0 Å². The van der Waals surface area contributed by atoms with Crippen molar-refractivity contribution in [2.75, 3.05) is 0 Å². The number of rotatable bonds is 0. The minimum absolute atomic E-state index is 0.216. The smallest absolute Gasteiger partial charge is 0.220 e. The Morgan fingerprint density at radius 1 is 1.38 bits per heavy atom. The van der Waals surface area contributed by atoms with Crippen molar-refractivity contribution < 1.29 is 4.79 Å². The lowest BCUT2D eigenvalue weighted by molar-refractivity contribution is -0.122. The molecule has 1 aliphatic heterocycles. The van der Waals surface area contributed by atoms with Gasteiger partial charge in [0, 0.05) is 12.5 Å². The number of hydrogen-bond donors (Lipinski definition) is 1. The van der Waals surface area contributed by atoms with Crippen molar-refractivity contribution in [3.8, 4) is 0 Å². The molecule has 0 aromatic heterocycles. The molecule has 2 nitrogen and oxygen atoms in total. The summed E-state index contributed by atoms with van der Waals surface area (Å²) in [6.07, 6.45) is 5.74. The van der Waals surface area contributed by atoms with Crippen LogP contribution in [0.1, 0.15) is 46.0 Å². The van der Waals surface area contributed by atoms with Crippen LogP contribution in [0.5, 0.6) is 0 Å². The Hall–Kier alpha value is -0.530. The van der Waals surface area contributed by atoms with E-state index in [4.69, 9.17) is 0 Å². The van der Waals surface area contributed by atoms with Crippen LogP contribution in [0.2, 0.25) is 0 Å². The number of fused-ring (bicyclic) bond motifs is 1. The Bertz CT molecular complexity index is 222. The summed E-state index contributed by atoms with van der Waals surface area (Å²) in [5.41, 5.74) is 0.216. The number of carbonyl (C=O) groups excluding carboxylic acids is 1. The van der Waals surface area contributed by atoms with Gasteiger partial charge < -0.3 is 5.32 Å². The Morgan fingerprint density at radius 3 is 2.92 bits per heavy atom. The topological polar surface area (TPSA) is 29.1 Å². The number of hydrogen-bond acceptors (Lipinski definition) is 1. The van der Waals surface area contributed by atoms with E-state index in [0.29, 0.717) is 12.5 Å². The van der Waals surface area contributed by atoms with E-state index < -0.39 is 0 Å². The molecule has 1 saturated carbocycles. The average molecular weight is 181 g/mol. The first-order valence-electron chi connectivity index (χ1n) is 5.36. The predicted octanol–water partition coefficient (Wildman–Crippen LogP) is 2.09. The second-order valence-electron chi connectivity index (χ2n) is 5.41. The molecule has 2 atom stereocenters. The SMILES string of the molecule is CC1(C)CC(=O)N[C@@H]2CCC[C@@H]2C1. The molecule has 0 radical (unpaired) electrons. The van der Waals surface area contributed by atoms with Gasteiger partial charge in [0.1, 0.15) is 0 Å². The van der Waals surface area contributed by atoms with E-state index in [1.54, 1.807) is 0 Å². The minimum Gasteiger partial charge on any atom is -0.353 e. The van der Waals surface area contributed by atoms with Crippen molar-refractivity contribution in [1.82, 2.24) is 5.32 Å². The van der Waals surface area contributed by atoms with Crippen LogP contribution in [0.4, 0.5) is 0 Å². The minimum atomic E-state index is 0.216. The molecular weight excluding hydrogens is 162 g/mol. The Kier molecular flexibility index (Phi) is 2.09. The van der Waals surface area contributed by atoms with Gasteiger partial charge in [-0.2, -0.15) is 0 Å². The van der Waals surface area contributed by atoms with E-state index in [-0.39, 0.29) is 11.3 Å². The Balaban J connectivity index is 2.14. The normalized spacial score (nSPS) is 37.8. The summed E-state index contributed by atoms with van der Waals surface area (Å²) in [6.45, 7) is 4.43. The molecule has 0 aromatic carbocycles. The summed E-state index contributed by atoms with van der Waals surface area (Å²) in [4.78, 5) is 11.5. The van der Waals surface area contributed by atoms with Crippen LogP contribution in [0, 0.1) is 11.3 Å². The molecule has 1 aliphatic carbocycles. The van der Waals surface area contributed by atoms with Crippen molar-refractivity contribution in [2.24, 2.45) is 11.3 Å². The van der Waals surface area contributed by atoms with Gasteiger partial charge in [0.05, 0.1) is 0 Å². The highest BCUT2D eigenvalue weighted by molar-refractivity contribution is 5.77. The molecule has 2 fully saturated rings. The lowest BCUT2D eigenvalue weighted by atomic mass is 9.80. The maximum atomic E-state index is 11.5. The number of carbonyl (C=O) groups is 1. The monoisotopic (exact) mass is 181 g/mol. The molecule has 2 heteroatoms. The standard InChI is InChI=1S/C11H19NO/c1-11(2)6-8-4-3-5-9(8)12-10(13)7-11/h8-9H,3-7H2,1-2H3,(H,12,13)/t8-,9-/m1/s1. The summed E-state index contributed by atoms with van der Waals surface area (Å²) in [5.74, 6) is 1.01. The molecule has 0 unspecified atom stereocenters. The zero-order chi connectivity index (χ0) is 9.47.